The summed E-state index contributed by atoms with van der Waals surface area (Å²) in [6.07, 6.45) is 0. The zero-order valence-corrected chi connectivity index (χ0v) is 16.0. The van der Waals surface area contributed by atoms with E-state index in [-0.39, 0.29) is 18.3 Å². The van der Waals surface area contributed by atoms with E-state index in [2.05, 4.69) is 16.2 Å². The van der Waals surface area contributed by atoms with Crippen LogP contribution in [0, 0.1) is 6.92 Å². The van der Waals surface area contributed by atoms with Crippen LogP contribution in [0.15, 0.2) is 48.5 Å². The summed E-state index contributed by atoms with van der Waals surface area (Å²) < 4.78 is 10.6. The second-order valence-corrected chi connectivity index (χ2v) is 6.19. The minimum absolute atomic E-state index is 0.0707. The molecule has 0 aliphatic carbocycles. The Labute approximate surface area is 167 Å². The highest BCUT2D eigenvalue weighted by Gasteiger charge is 2.08. The minimum atomic E-state index is -0.498. The highest BCUT2D eigenvalue weighted by molar-refractivity contribution is 7.80. The van der Waals surface area contributed by atoms with Gasteiger partial charge in [0.1, 0.15) is 11.5 Å². The zero-order chi connectivity index (χ0) is 19.6. The van der Waals surface area contributed by atoms with Crippen molar-refractivity contribution < 1.29 is 19.1 Å². The number of amides is 2. The Morgan fingerprint density at radius 2 is 1.63 bits per heavy atom. The molecule has 0 fully saturated rings. The molecule has 0 bridgehead atoms. The number of nitrogens with one attached hydrogen (secondary N) is 3. The van der Waals surface area contributed by atoms with Gasteiger partial charge in [-0.05, 0) is 43.4 Å². The minimum Gasteiger partial charge on any atom is -0.484 e. The number of hydrogen-bond donors (Lipinski definition) is 3. The van der Waals surface area contributed by atoms with Crippen LogP contribution in [0.4, 0.5) is 0 Å². The van der Waals surface area contributed by atoms with E-state index in [1.54, 1.807) is 36.4 Å². The molecule has 0 unspecified atom stereocenters. The van der Waals surface area contributed by atoms with Crippen LogP contribution in [0.25, 0.3) is 0 Å². The van der Waals surface area contributed by atoms with Crippen LogP contribution >= 0.6 is 23.8 Å². The number of carbonyl (C=O) groups is 2. The number of aryl methyl sites for hydroxylation is 1. The van der Waals surface area contributed by atoms with Gasteiger partial charge >= 0.3 is 0 Å². The SMILES string of the molecule is Cc1ccc(OCC(=O)NC(=S)NNC(=O)COc2ccccc2Cl)cc1. The molecule has 0 spiro atoms. The maximum absolute atomic E-state index is 11.8. The number of thiocarbonyl (C=S) groups is 1. The molecular formula is C18H18ClN3O4S. The van der Waals surface area contributed by atoms with E-state index in [0.717, 1.165) is 5.56 Å². The molecule has 2 aromatic carbocycles. The van der Waals surface area contributed by atoms with Crippen molar-refractivity contribution in [1.82, 2.24) is 16.2 Å². The first-order valence-electron chi connectivity index (χ1n) is 7.89. The van der Waals surface area contributed by atoms with Crippen LogP contribution in [0.3, 0.4) is 0 Å². The first kappa shape index (κ1) is 20.5. The Kier molecular flexibility index (Phi) is 7.84. The summed E-state index contributed by atoms with van der Waals surface area (Å²) in [5.41, 5.74) is 5.79. The molecule has 0 saturated carbocycles. The topological polar surface area (TPSA) is 88.7 Å². The molecule has 2 aromatic rings. The lowest BCUT2D eigenvalue weighted by atomic mass is 10.2. The number of para-hydroxylation sites is 1. The maximum atomic E-state index is 11.8. The van der Waals surface area contributed by atoms with Gasteiger partial charge in [-0.25, -0.2) is 0 Å². The molecule has 0 saturated heterocycles. The molecule has 142 valence electrons. The molecule has 2 rings (SSSR count). The summed E-state index contributed by atoms with van der Waals surface area (Å²) in [6, 6.07) is 14.1. The van der Waals surface area contributed by atoms with Gasteiger partial charge in [-0.2, -0.15) is 0 Å². The lowest BCUT2D eigenvalue weighted by molar-refractivity contribution is -0.124. The number of hydrazine groups is 1. The van der Waals surface area contributed by atoms with E-state index < -0.39 is 11.8 Å². The standard InChI is InChI=1S/C18H18ClN3O4S/c1-12-6-8-13(9-7-12)25-10-16(23)20-18(27)22-21-17(24)11-26-15-5-3-2-4-14(15)19/h2-9H,10-11H2,1H3,(H,21,24)(H2,20,22,23,27). The second-order valence-electron chi connectivity index (χ2n) is 5.37. The molecule has 0 aliphatic rings. The van der Waals surface area contributed by atoms with E-state index in [1.807, 2.05) is 19.1 Å². The predicted octanol–water partition coefficient (Wildman–Crippen LogP) is 2.13. The van der Waals surface area contributed by atoms with E-state index in [1.165, 1.54) is 0 Å². The smallest absolute Gasteiger partial charge is 0.276 e. The molecule has 0 radical (unpaired) electrons. The summed E-state index contributed by atoms with van der Waals surface area (Å²) >= 11 is 10.8. The van der Waals surface area contributed by atoms with E-state index in [9.17, 15) is 9.59 Å². The summed E-state index contributed by atoms with van der Waals surface area (Å²) in [5.74, 6) is -0.00447. The number of ether oxygens (including phenoxy) is 2. The van der Waals surface area contributed by atoms with Crippen LogP contribution in [0.2, 0.25) is 5.02 Å². The van der Waals surface area contributed by atoms with Crippen molar-refractivity contribution in [3.05, 3.63) is 59.1 Å². The number of benzene rings is 2. The highest BCUT2D eigenvalue weighted by Crippen LogP contribution is 2.22. The summed E-state index contributed by atoms with van der Waals surface area (Å²) in [7, 11) is 0. The molecule has 0 aliphatic heterocycles. The van der Waals surface area contributed by atoms with Crippen molar-refractivity contribution in [3.63, 3.8) is 0 Å². The van der Waals surface area contributed by atoms with E-state index in [4.69, 9.17) is 33.3 Å². The van der Waals surface area contributed by atoms with E-state index >= 15 is 0 Å². The lowest BCUT2D eigenvalue weighted by Gasteiger charge is -2.12. The molecule has 27 heavy (non-hydrogen) atoms. The summed E-state index contributed by atoms with van der Waals surface area (Å²) in [4.78, 5) is 23.5. The second kappa shape index (κ2) is 10.3. The van der Waals surface area contributed by atoms with Crippen LogP contribution < -0.4 is 25.6 Å². The molecule has 0 heterocycles. The maximum Gasteiger partial charge on any atom is 0.276 e. The average molecular weight is 408 g/mol. The van der Waals surface area contributed by atoms with Gasteiger partial charge in [0, 0.05) is 0 Å². The fourth-order valence-electron chi connectivity index (χ4n) is 1.84. The van der Waals surface area contributed by atoms with Gasteiger partial charge in [0.25, 0.3) is 11.8 Å². The van der Waals surface area contributed by atoms with Gasteiger partial charge < -0.3 is 9.47 Å². The third-order valence-electron chi connectivity index (χ3n) is 3.15. The molecular weight excluding hydrogens is 390 g/mol. The first-order valence-corrected chi connectivity index (χ1v) is 8.68. The largest absolute Gasteiger partial charge is 0.484 e. The van der Waals surface area contributed by atoms with Gasteiger partial charge in [0.05, 0.1) is 5.02 Å². The van der Waals surface area contributed by atoms with Crippen molar-refractivity contribution >= 4 is 40.7 Å². The Morgan fingerprint density at radius 1 is 0.963 bits per heavy atom. The zero-order valence-electron chi connectivity index (χ0n) is 14.5. The Hall–Kier alpha value is -2.84. The molecule has 0 atom stereocenters. The predicted molar refractivity (Wildman–Crippen MR) is 106 cm³/mol. The Balaban J connectivity index is 1.64. The van der Waals surface area contributed by atoms with Crippen LogP contribution in [-0.4, -0.2) is 30.1 Å². The van der Waals surface area contributed by atoms with Crippen LogP contribution in [0.1, 0.15) is 5.56 Å². The summed E-state index contributed by atoms with van der Waals surface area (Å²) in [6.45, 7) is 1.46. The van der Waals surface area contributed by atoms with Crippen molar-refractivity contribution in [2.24, 2.45) is 0 Å². The van der Waals surface area contributed by atoms with Gasteiger partial charge in [-0.15, -0.1) is 0 Å². The molecule has 0 aromatic heterocycles. The van der Waals surface area contributed by atoms with Crippen LogP contribution in [0.5, 0.6) is 11.5 Å². The molecule has 7 nitrogen and oxygen atoms in total. The molecule has 2 amide bonds. The van der Waals surface area contributed by atoms with Gasteiger partial charge in [-0.1, -0.05) is 41.4 Å². The highest BCUT2D eigenvalue weighted by atomic mass is 35.5. The third kappa shape index (κ3) is 7.51. The van der Waals surface area contributed by atoms with Crippen molar-refractivity contribution in [3.8, 4) is 11.5 Å². The quantitative estimate of drug-likeness (QED) is 0.502. The van der Waals surface area contributed by atoms with Gasteiger partial charge in [0.15, 0.2) is 18.3 Å². The number of carbonyl (C=O) groups excluding carboxylic acids is 2. The Morgan fingerprint density at radius 3 is 2.33 bits per heavy atom. The molecule has 9 heteroatoms. The number of rotatable bonds is 6. The van der Waals surface area contributed by atoms with Gasteiger partial charge in [0.2, 0.25) is 0 Å². The van der Waals surface area contributed by atoms with Crippen molar-refractivity contribution in [2.45, 2.75) is 6.92 Å². The average Bonchev–Trinajstić information content (AvgIpc) is 2.65. The van der Waals surface area contributed by atoms with Gasteiger partial charge in [-0.3, -0.25) is 25.8 Å². The van der Waals surface area contributed by atoms with Crippen molar-refractivity contribution in [2.75, 3.05) is 13.2 Å². The fourth-order valence-corrected chi connectivity index (χ4v) is 2.20. The lowest BCUT2D eigenvalue weighted by Crippen LogP contribution is -2.50. The van der Waals surface area contributed by atoms with Crippen molar-refractivity contribution in [1.29, 1.82) is 0 Å². The van der Waals surface area contributed by atoms with Crippen LogP contribution in [-0.2, 0) is 9.59 Å². The van der Waals surface area contributed by atoms with E-state index in [0.29, 0.717) is 16.5 Å². The fraction of sp³-hybridized carbons (Fsp3) is 0.167. The normalized spacial score (nSPS) is 9.85. The number of hydrogen-bond acceptors (Lipinski definition) is 5. The first-order chi connectivity index (χ1) is 12.9. The summed E-state index contributed by atoms with van der Waals surface area (Å²) in [5, 5.41) is 2.71. The monoisotopic (exact) mass is 407 g/mol. The Bertz CT molecular complexity index is 815. The third-order valence-corrected chi connectivity index (χ3v) is 3.67. The molecule has 3 N–H and O–H groups in total. The number of halogens is 1.